The lowest BCUT2D eigenvalue weighted by molar-refractivity contribution is 0.169. The summed E-state index contributed by atoms with van der Waals surface area (Å²) >= 11 is 0. The maximum absolute atomic E-state index is 10.1. The number of hydrogen-bond donors (Lipinski definition) is 2. The van der Waals surface area contributed by atoms with Crippen molar-refractivity contribution in [2.45, 2.75) is 19.1 Å². The van der Waals surface area contributed by atoms with Gasteiger partial charge in [0.1, 0.15) is 11.5 Å². The summed E-state index contributed by atoms with van der Waals surface area (Å²) in [5, 5.41) is 13.3. The van der Waals surface area contributed by atoms with Crippen molar-refractivity contribution in [3.05, 3.63) is 54.0 Å². The van der Waals surface area contributed by atoms with Crippen LogP contribution in [0.15, 0.2) is 47.1 Å². The molecule has 4 nitrogen and oxygen atoms in total. The predicted octanol–water partition coefficient (Wildman–Crippen LogP) is 2.67. The van der Waals surface area contributed by atoms with Crippen molar-refractivity contribution < 1.29 is 14.3 Å². The summed E-state index contributed by atoms with van der Waals surface area (Å²) in [4.78, 5) is 0. The first-order chi connectivity index (χ1) is 9.20. The van der Waals surface area contributed by atoms with E-state index in [0.717, 1.165) is 17.1 Å². The van der Waals surface area contributed by atoms with Gasteiger partial charge in [-0.1, -0.05) is 12.1 Å². The fourth-order valence-corrected chi connectivity index (χ4v) is 1.87. The molecule has 2 aromatic rings. The summed E-state index contributed by atoms with van der Waals surface area (Å²) in [6.45, 7) is 2.47. The van der Waals surface area contributed by atoms with Crippen LogP contribution in [-0.2, 0) is 0 Å². The van der Waals surface area contributed by atoms with Crippen molar-refractivity contribution in [2.24, 2.45) is 0 Å². The van der Waals surface area contributed by atoms with Gasteiger partial charge >= 0.3 is 0 Å². The molecule has 0 saturated heterocycles. The van der Waals surface area contributed by atoms with Crippen LogP contribution in [0.25, 0.3) is 0 Å². The smallest absolute Gasteiger partial charge is 0.120 e. The highest BCUT2D eigenvalue weighted by molar-refractivity contribution is 5.28. The minimum atomic E-state index is -0.552. The van der Waals surface area contributed by atoms with Crippen molar-refractivity contribution in [3.8, 4) is 5.75 Å². The number of rotatable bonds is 6. The second kappa shape index (κ2) is 6.41. The minimum Gasteiger partial charge on any atom is -0.497 e. The molecule has 19 heavy (non-hydrogen) atoms. The second-order valence-corrected chi connectivity index (χ2v) is 4.43. The molecule has 0 aliphatic rings. The first-order valence-corrected chi connectivity index (χ1v) is 6.29. The zero-order valence-corrected chi connectivity index (χ0v) is 11.2. The van der Waals surface area contributed by atoms with E-state index in [-0.39, 0.29) is 6.04 Å². The van der Waals surface area contributed by atoms with Gasteiger partial charge in [0.05, 0.1) is 25.5 Å². The standard InChI is InChI=1S/C15H19NO3/c1-11(15-4-3-9-19-15)16-10-14(17)12-5-7-13(18-2)8-6-12/h3-9,11,14,16-17H,10H2,1-2H3/t11-,14?/m1/s1. The average molecular weight is 261 g/mol. The van der Waals surface area contributed by atoms with Gasteiger partial charge in [-0.25, -0.2) is 0 Å². The monoisotopic (exact) mass is 261 g/mol. The molecular formula is C15H19NO3. The van der Waals surface area contributed by atoms with Crippen molar-refractivity contribution in [3.63, 3.8) is 0 Å². The Kier molecular flexibility index (Phi) is 4.60. The number of furan rings is 1. The molecule has 1 aromatic carbocycles. The largest absolute Gasteiger partial charge is 0.497 e. The maximum atomic E-state index is 10.1. The van der Waals surface area contributed by atoms with E-state index in [0.29, 0.717) is 6.54 Å². The second-order valence-electron chi connectivity index (χ2n) is 4.43. The van der Waals surface area contributed by atoms with E-state index < -0.39 is 6.10 Å². The van der Waals surface area contributed by atoms with E-state index in [2.05, 4.69) is 5.32 Å². The Morgan fingerprint density at radius 2 is 2.00 bits per heavy atom. The van der Waals surface area contributed by atoms with E-state index in [1.54, 1.807) is 13.4 Å². The number of aliphatic hydroxyl groups excluding tert-OH is 1. The molecule has 1 aromatic heterocycles. The molecule has 102 valence electrons. The lowest BCUT2D eigenvalue weighted by Crippen LogP contribution is -2.24. The fraction of sp³-hybridized carbons (Fsp3) is 0.333. The molecule has 2 N–H and O–H groups in total. The topological polar surface area (TPSA) is 54.6 Å². The maximum Gasteiger partial charge on any atom is 0.120 e. The average Bonchev–Trinajstić information content (AvgIpc) is 2.98. The van der Waals surface area contributed by atoms with Gasteiger partial charge in [0.25, 0.3) is 0 Å². The van der Waals surface area contributed by atoms with Gasteiger partial charge in [0.15, 0.2) is 0 Å². The van der Waals surface area contributed by atoms with E-state index in [1.165, 1.54) is 0 Å². The van der Waals surface area contributed by atoms with Crippen LogP contribution in [0.4, 0.5) is 0 Å². The van der Waals surface area contributed by atoms with Crippen molar-refractivity contribution in [1.29, 1.82) is 0 Å². The molecule has 1 heterocycles. The lowest BCUT2D eigenvalue weighted by Gasteiger charge is -2.16. The summed E-state index contributed by atoms with van der Waals surface area (Å²) in [5.74, 6) is 1.65. The van der Waals surface area contributed by atoms with Crippen LogP contribution < -0.4 is 10.1 Å². The van der Waals surface area contributed by atoms with Crippen LogP contribution in [0.2, 0.25) is 0 Å². The first-order valence-electron chi connectivity index (χ1n) is 6.29. The summed E-state index contributed by atoms with van der Waals surface area (Å²) in [7, 11) is 1.62. The molecule has 2 atom stereocenters. The molecule has 0 fully saturated rings. The molecular weight excluding hydrogens is 242 g/mol. The van der Waals surface area contributed by atoms with Crippen LogP contribution in [0.5, 0.6) is 5.75 Å². The lowest BCUT2D eigenvalue weighted by atomic mass is 10.1. The van der Waals surface area contributed by atoms with Crippen LogP contribution in [0.1, 0.15) is 30.4 Å². The number of hydrogen-bond acceptors (Lipinski definition) is 4. The highest BCUT2D eigenvalue weighted by Gasteiger charge is 2.12. The van der Waals surface area contributed by atoms with Gasteiger partial charge in [0, 0.05) is 6.54 Å². The Morgan fingerprint density at radius 3 is 2.58 bits per heavy atom. The Hall–Kier alpha value is -1.78. The van der Waals surface area contributed by atoms with E-state index in [1.807, 2.05) is 43.3 Å². The van der Waals surface area contributed by atoms with E-state index in [4.69, 9.17) is 9.15 Å². The first kappa shape index (κ1) is 13.6. The normalized spacial score (nSPS) is 14.1. The molecule has 0 aliphatic heterocycles. The molecule has 0 saturated carbocycles. The zero-order chi connectivity index (χ0) is 13.7. The minimum absolute atomic E-state index is 0.0721. The number of methoxy groups -OCH3 is 1. The van der Waals surface area contributed by atoms with Gasteiger partial charge in [-0.3, -0.25) is 0 Å². The van der Waals surface area contributed by atoms with Gasteiger partial charge < -0.3 is 19.6 Å². The molecule has 0 spiro atoms. The Labute approximate surface area is 113 Å². The third-order valence-electron chi connectivity index (χ3n) is 3.09. The molecule has 0 radical (unpaired) electrons. The van der Waals surface area contributed by atoms with Crippen molar-refractivity contribution in [2.75, 3.05) is 13.7 Å². The summed E-state index contributed by atoms with van der Waals surface area (Å²) < 4.78 is 10.4. The summed E-state index contributed by atoms with van der Waals surface area (Å²) in [6, 6.07) is 11.3. The molecule has 4 heteroatoms. The van der Waals surface area contributed by atoms with Crippen LogP contribution in [0.3, 0.4) is 0 Å². The van der Waals surface area contributed by atoms with E-state index in [9.17, 15) is 5.11 Å². The fourth-order valence-electron chi connectivity index (χ4n) is 1.87. The predicted molar refractivity (Wildman–Crippen MR) is 73.1 cm³/mol. The number of ether oxygens (including phenoxy) is 1. The van der Waals surface area contributed by atoms with Crippen molar-refractivity contribution >= 4 is 0 Å². The molecule has 2 rings (SSSR count). The highest BCUT2D eigenvalue weighted by Crippen LogP contribution is 2.18. The van der Waals surface area contributed by atoms with E-state index >= 15 is 0 Å². The molecule has 1 unspecified atom stereocenters. The SMILES string of the molecule is COc1ccc(C(O)CN[C@H](C)c2ccco2)cc1. The third-order valence-corrected chi connectivity index (χ3v) is 3.09. The Bertz CT molecular complexity index is 479. The number of benzene rings is 1. The number of aliphatic hydroxyl groups is 1. The van der Waals surface area contributed by atoms with Crippen LogP contribution >= 0.6 is 0 Å². The highest BCUT2D eigenvalue weighted by atomic mass is 16.5. The van der Waals surface area contributed by atoms with Crippen LogP contribution in [0, 0.1) is 0 Å². The number of nitrogens with one attached hydrogen (secondary N) is 1. The van der Waals surface area contributed by atoms with Crippen molar-refractivity contribution in [1.82, 2.24) is 5.32 Å². The molecule has 0 aliphatic carbocycles. The van der Waals surface area contributed by atoms with Crippen LogP contribution in [-0.4, -0.2) is 18.8 Å². The Balaban J connectivity index is 1.88. The van der Waals surface area contributed by atoms with Gasteiger partial charge in [-0.2, -0.15) is 0 Å². The summed E-state index contributed by atoms with van der Waals surface area (Å²) in [5.41, 5.74) is 0.861. The van der Waals surface area contributed by atoms with Gasteiger partial charge in [-0.05, 0) is 36.8 Å². The Morgan fingerprint density at radius 1 is 1.26 bits per heavy atom. The molecule has 0 amide bonds. The van der Waals surface area contributed by atoms with Gasteiger partial charge in [0.2, 0.25) is 0 Å². The third kappa shape index (κ3) is 3.59. The summed E-state index contributed by atoms with van der Waals surface area (Å²) in [6.07, 6.45) is 1.09. The quantitative estimate of drug-likeness (QED) is 0.839. The zero-order valence-electron chi connectivity index (χ0n) is 11.2. The molecule has 0 bridgehead atoms. The van der Waals surface area contributed by atoms with Gasteiger partial charge in [-0.15, -0.1) is 0 Å².